The van der Waals surface area contributed by atoms with E-state index in [1.807, 2.05) is 0 Å². The number of carbonyl (C=O) groups excluding carboxylic acids is 3. The lowest BCUT2D eigenvalue weighted by Crippen LogP contribution is -2.30. The van der Waals surface area contributed by atoms with Crippen molar-refractivity contribution in [3.63, 3.8) is 0 Å². The SMILES string of the molecule is CCCCC/C=C\C/C=C\C/C=C\CCCCCCCCC(=O)OC[C@@H](COC(=O)CCCCCCCCCCCCCCCC)OC(=O)CCCCCCCCCCCCCCCCC. The van der Waals surface area contributed by atoms with E-state index in [-0.39, 0.29) is 31.1 Å². The molecule has 0 rings (SSSR count). The minimum absolute atomic E-state index is 0.0714. The second kappa shape index (κ2) is 55.2. The highest BCUT2D eigenvalue weighted by Crippen LogP contribution is 2.17. The maximum Gasteiger partial charge on any atom is 0.306 e. The molecule has 6 heteroatoms. The molecule has 0 aliphatic heterocycles. The van der Waals surface area contributed by atoms with Crippen LogP contribution in [-0.4, -0.2) is 37.2 Å². The number of carbonyl (C=O) groups is 3. The van der Waals surface area contributed by atoms with Crippen LogP contribution in [0.2, 0.25) is 0 Å². The van der Waals surface area contributed by atoms with Crippen molar-refractivity contribution in [3.8, 4) is 0 Å². The lowest BCUT2D eigenvalue weighted by molar-refractivity contribution is -0.167. The summed E-state index contributed by atoms with van der Waals surface area (Å²) in [5.41, 5.74) is 0. The van der Waals surface area contributed by atoms with Crippen molar-refractivity contribution in [1.82, 2.24) is 0 Å². The standard InChI is InChI=1S/C60H110O6/c1-4-7-10-13-16-19-22-25-28-29-30-31-33-35-38-41-44-47-50-53-59(62)65-56-57(55-64-58(61)52-49-46-43-40-37-34-27-24-21-18-15-12-9-6-3)66-60(63)54-51-48-45-42-39-36-32-26-23-20-17-14-11-8-5-2/h16,19,25,28,30-31,57H,4-15,17-18,20-24,26-27,29,32-56H2,1-3H3/b19-16-,28-25-,31-30-/t57-/m1/s1. The zero-order valence-electron chi connectivity index (χ0n) is 44.2. The molecule has 6 nitrogen and oxygen atoms in total. The Labute approximate surface area is 410 Å². The molecule has 0 aromatic carbocycles. The van der Waals surface area contributed by atoms with Gasteiger partial charge in [0.1, 0.15) is 13.2 Å². The molecule has 0 aromatic heterocycles. The first-order valence-electron chi connectivity index (χ1n) is 29.0. The van der Waals surface area contributed by atoms with Crippen LogP contribution in [0.4, 0.5) is 0 Å². The molecular formula is C60H110O6. The molecule has 0 saturated heterocycles. The number of ether oxygens (including phenoxy) is 3. The lowest BCUT2D eigenvalue weighted by atomic mass is 10.0. The van der Waals surface area contributed by atoms with Gasteiger partial charge in [-0.2, -0.15) is 0 Å². The third-order valence-corrected chi connectivity index (χ3v) is 12.9. The summed E-state index contributed by atoms with van der Waals surface area (Å²) in [5, 5.41) is 0. The van der Waals surface area contributed by atoms with Gasteiger partial charge in [-0.05, 0) is 57.8 Å². The second-order valence-electron chi connectivity index (χ2n) is 19.6. The van der Waals surface area contributed by atoms with Gasteiger partial charge in [-0.1, -0.05) is 269 Å². The zero-order valence-corrected chi connectivity index (χ0v) is 44.2. The van der Waals surface area contributed by atoms with Crippen LogP contribution in [-0.2, 0) is 28.6 Å². The molecule has 66 heavy (non-hydrogen) atoms. The highest BCUT2D eigenvalue weighted by Gasteiger charge is 2.19. The first-order valence-corrected chi connectivity index (χ1v) is 29.0. The van der Waals surface area contributed by atoms with E-state index in [0.29, 0.717) is 19.3 Å². The van der Waals surface area contributed by atoms with E-state index in [0.717, 1.165) is 77.0 Å². The van der Waals surface area contributed by atoms with Gasteiger partial charge in [0.05, 0.1) is 0 Å². The maximum absolute atomic E-state index is 12.8. The quantitative estimate of drug-likeness (QED) is 0.0262. The molecular weight excluding hydrogens is 817 g/mol. The number of unbranched alkanes of at least 4 members (excludes halogenated alkanes) is 36. The predicted octanol–water partition coefficient (Wildman–Crippen LogP) is 19.3. The number of esters is 3. The van der Waals surface area contributed by atoms with E-state index >= 15 is 0 Å². The molecule has 0 N–H and O–H groups in total. The van der Waals surface area contributed by atoms with Crippen LogP contribution >= 0.6 is 0 Å². The molecule has 0 amide bonds. The molecule has 0 fully saturated rings. The Hall–Kier alpha value is -2.37. The van der Waals surface area contributed by atoms with Crippen molar-refractivity contribution in [2.24, 2.45) is 0 Å². The molecule has 386 valence electrons. The van der Waals surface area contributed by atoms with E-state index < -0.39 is 6.10 Å². The smallest absolute Gasteiger partial charge is 0.306 e. The van der Waals surface area contributed by atoms with Crippen LogP contribution in [0.15, 0.2) is 36.5 Å². The minimum atomic E-state index is -0.773. The molecule has 0 radical (unpaired) electrons. The molecule has 0 unspecified atom stereocenters. The van der Waals surface area contributed by atoms with Crippen molar-refractivity contribution < 1.29 is 28.6 Å². The summed E-state index contributed by atoms with van der Waals surface area (Å²) in [6.07, 6.45) is 65.5. The van der Waals surface area contributed by atoms with Crippen molar-refractivity contribution in [2.75, 3.05) is 13.2 Å². The van der Waals surface area contributed by atoms with Crippen LogP contribution in [0.3, 0.4) is 0 Å². The summed E-state index contributed by atoms with van der Waals surface area (Å²) in [5.74, 6) is -0.865. The fourth-order valence-corrected chi connectivity index (χ4v) is 8.51. The summed E-state index contributed by atoms with van der Waals surface area (Å²) < 4.78 is 16.9. The van der Waals surface area contributed by atoms with Gasteiger partial charge in [0, 0.05) is 19.3 Å². The predicted molar refractivity (Wildman–Crippen MR) is 284 cm³/mol. The minimum Gasteiger partial charge on any atom is -0.462 e. The molecule has 0 aliphatic carbocycles. The lowest BCUT2D eigenvalue weighted by Gasteiger charge is -2.18. The molecule has 0 saturated carbocycles. The van der Waals surface area contributed by atoms with Gasteiger partial charge in [-0.25, -0.2) is 0 Å². The van der Waals surface area contributed by atoms with E-state index in [1.165, 1.54) is 193 Å². The Bertz CT molecular complexity index is 1110. The zero-order chi connectivity index (χ0) is 47.9. The number of rotatable bonds is 53. The van der Waals surface area contributed by atoms with Crippen LogP contribution in [0, 0.1) is 0 Å². The highest BCUT2D eigenvalue weighted by atomic mass is 16.6. The van der Waals surface area contributed by atoms with E-state index in [9.17, 15) is 14.4 Å². The molecule has 0 spiro atoms. The Morgan fingerprint density at radius 3 is 0.879 bits per heavy atom. The summed E-state index contributed by atoms with van der Waals surface area (Å²) in [6, 6.07) is 0. The Kier molecular flexibility index (Phi) is 53.2. The molecule has 1 atom stereocenters. The third-order valence-electron chi connectivity index (χ3n) is 12.9. The fourth-order valence-electron chi connectivity index (χ4n) is 8.51. The van der Waals surface area contributed by atoms with Gasteiger partial charge in [0.15, 0.2) is 6.10 Å². The van der Waals surface area contributed by atoms with Gasteiger partial charge in [-0.15, -0.1) is 0 Å². The molecule has 0 aliphatic rings. The Morgan fingerprint density at radius 2 is 0.545 bits per heavy atom. The van der Waals surface area contributed by atoms with E-state index in [2.05, 4.69) is 57.2 Å². The average molecular weight is 928 g/mol. The van der Waals surface area contributed by atoms with Crippen LogP contribution in [0.5, 0.6) is 0 Å². The topological polar surface area (TPSA) is 78.9 Å². The Morgan fingerprint density at radius 1 is 0.303 bits per heavy atom. The summed E-state index contributed by atoms with van der Waals surface area (Å²) >= 11 is 0. The number of hydrogen-bond acceptors (Lipinski definition) is 6. The largest absolute Gasteiger partial charge is 0.462 e. The normalized spacial score (nSPS) is 12.2. The fraction of sp³-hybridized carbons (Fsp3) is 0.850. The van der Waals surface area contributed by atoms with Gasteiger partial charge in [0.25, 0.3) is 0 Å². The second-order valence-corrected chi connectivity index (χ2v) is 19.6. The van der Waals surface area contributed by atoms with Crippen LogP contribution < -0.4 is 0 Å². The maximum atomic E-state index is 12.8. The summed E-state index contributed by atoms with van der Waals surface area (Å²) in [4.78, 5) is 38.1. The third kappa shape index (κ3) is 52.6. The molecule has 0 aromatic rings. The average Bonchev–Trinajstić information content (AvgIpc) is 3.31. The van der Waals surface area contributed by atoms with Crippen LogP contribution in [0.1, 0.15) is 310 Å². The number of hydrogen-bond donors (Lipinski definition) is 0. The van der Waals surface area contributed by atoms with E-state index in [4.69, 9.17) is 14.2 Å². The number of allylic oxidation sites excluding steroid dienone is 6. The summed E-state index contributed by atoms with van der Waals surface area (Å²) in [7, 11) is 0. The molecule has 0 bridgehead atoms. The van der Waals surface area contributed by atoms with Gasteiger partial charge >= 0.3 is 17.9 Å². The van der Waals surface area contributed by atoms with Gasteiger partial charge in [0.2, 0.25) is 0 Å². The van der Waals surface area contributed by atoms with Crippen molar-refractivity contribution >= 4 is 17.9 Å². The van der Waals surface area contributed by atoms with Crippen molar-refractivity contribution in [3.05, 3.63) is 36.5 Å². The van der Waals surface area contributed by atoms with Gasteiger partial charge in [-0.3, -0.25) is 14.4 Å². The van der Waals surface area contributed by atoms with Crippen LogP contribution in [0.25, 0.3) is 0 Å². The molecule has 0 heterocycles. The van der Waals surface area contributed by atoms with Crippen molar-refractivity contribution in [1.29, 1.82) is 0 Å². The van der Waals surface area contributed by atoms with Crippen molar-refractivity contribution in [2.45, 2.75) is 316 Å². The monoisotopic (exact) mass is 927 g/mol. The first-order chi connectivity index (χ1) is 32.5. The summed E-state index contributed by atoms with van der Waals surface area (Å²) in [6.45, 7) is 6.64. The first kappa shape index (κ1) is 63.6. The Balaban J connectivity index is 4.35. The highest BCUT2D eigenvalue weighted by molar-refractivity contribution is 5.71. The van der Waals surface area contributed by atoms with E-state index in [1.54, 1.807) is 0 Å². The van der Waals surface area contributed by atoms with Gasteiger partial charge < -0.3 is 14.2 Å².